The van der Waals surface area contributed by atoms with Crippen LogP contribution in [0.3, 0.4) is 0 Å². The van der Waals surface area contributed by atoms with Gasteiger partial charge >= 0.3 is 0 Å². The van der Waals surface area contributed by atoms with Gasteiger partial charge in [-0.15, -0.1) is 0 Å². The van der Waals surface area contributed by atoms with Gasteiger partial charge in [-0.1, -0.05) is 30.0 Å². The van der Waals surface area contributed by atoms with Crippen LogP contribution in [0.2, 0.25) is 0 Å². The number of likely N-dealkylation sites (tertiary alicyclic amines) is 1. The lowest BCUT2D eigenvalue weighted by atomic mass is 10.1. The first kappa shape index (κ1) is 18.9. The van der Waals surface area contributed by atoms with E-state index in [1.165, 1.54) is 13.0 Å². The van der Waals surface area contributed by atoms with Crippen molar-refractivity contribution in [1.29, 1.82) is 0 Å². The number of nitro benzene ring substituents is 1. The fourth-order valence-electron chi connectivity index (χ4n) is 2.94. The summed E-state index contributed by atoms with van der Waals surface area (Å²) in [7, 11) is 0. The van der Waals surface area contributed by atoms with Gasteiger partial charge in [0.25, 0.3) is 5.69 Å². The van der Waals surface area contributed by atoms with E-state index in [4.69, 9.17) is 4.74 Å². The highest BCUT2D eigenvalue weighted by Crippen LogP contribution is 2.31. The predicted octanol–water partition coefficient (Wildman–Crippen LogP) is 3.77. The molecular weight excluding hydrogens is 368 g/mol. The Balaban J connectivity index is 1.76. The summed E-state index contributed by atoms with van der Waals surface area (Å²) in [5.41, 5.74) is 0.334. The van der Waals surface area contributed by atoms with Crippen molar-refractivity contribution in [3.05, 3.63) is 64.2 Å². The Hall–Kier alpha value is -2.87. The average Bonchev–Trinajstić information content (AvgIpc) is 2.95. The third kappa shape index (κ3) is 4.85. The van der Waals surface area contributed by atoms with Gasteiger partial charge in [-0.25, -0.2) is 0 Å². The van der Waals surface area contributed by atoms with Crippen LogP contribution in [-0.4, -0.2) is 32.6 Å². The van der Waals surface area contributed by atoms with E-state index in [2.05, 4.69) is 0 Å². The number of carbonyl (C=O) groups excluding carboxylic acids is 2. The molecule has 0 saturated carbocycles. The molecule has 1 heterocycles. The van der Waals surface area contributed by atoms with Crippen molar-refractivity contribution in [2.24, 2.45) is 0 Å². The molecule has 0 aromatic heterocycles. The highest BCUT2D eigenvalue weighted by atomic mass is 32.2. The van der Waals surface area contributed by atoms with Crippen molar-refractivity contribution < 1.29 is 19.2 Å². The maximum Gasteiger partial charge on any atom is 0.278 e. The van der Waals surface area contributed by atoms with Crippen molar-refractivity contribution in [1.82, 2.24) is 4.90 Å². The summed E-state index contributed by atoms with van der Waals surface area (Å²) in [6.07, 6.45) is 0.271. The molecule has 0 spiro atoms. The fraction of sp³-hybridized carbons (Fsp3) is 0.263. The second-order valence-corrected chi connectivity index (χ2v) is 7.65. The normalized spacial score (nSPS) is 16.4. The minimum atomic E-state index is -0.477. The first-order valence-corrected chi connectivity index (χ1v) is 9.25. The zero-order valence-corrected chi connectivity index (χ0v) is 15.5. The predicted molar refractivity (Wildman–Crippen MR) is 102 cm³/mol. The topological polar surface area (TPSA) is 89.8 Å². The smallest absolute Gasteiger partial charge is 0.278 e. The van der Waals surface area contributed by atoms with Crippen molar-refractivity contribution in [3.63, 3.8) is 0 Å². The highest BCUT2D eigenvalue weighted by molar-refractivity contribution is 8.14. The van der Waals surface area contributed by atoms with Crippen LogP contribution in [0.25, 0.3) is 0 Å². The van der Waals surface area contributed by atoms with E-state index in [0.29, 0.717) is 23.6 Å². The molecular formula is C19H18N2O5S. The van der Waals surface area contributed by atoms with E-state index in [1.54, 1.807) is 29.2 Å². The Morgan fingerprint density at radius 2 is 2.00 bits per heavy atom. The molecule has 1 aliphatic heterocycles. The van der Waals surface area contributed by atoms with Gasteiger partial charge in [-0.2, -0.15) is 0 Å². The fourth-order valence-corrected chi connectivity index (χ4v) is 3.89. The average molecular weight is 386 g/mol. The maximum atomic E-state index is 12.2. The van der Waals surface area contributed by atoms with Gasteiger partial charge in [0, 0.05) is 30.7 Å². The molecule has 7 nitrogen and oxygen atoms in total. The summed E-state index contributed by atoms with van der Waals surface area (Å²) >= 11 is 1.14. The third-order valence-corrected chi connectivity index (χ3v) is 5.09. The molecule has 2 aromatic rings. The number of hydrogen-bond acceptors (Lipinski definition) is 6. The standard InChI is InChI=1S/C19H18N2O5S/c1-13(22)27-17-10-19(23)20(12-17)11-14-7-8-16(9-18(14)21(24)25)26-15-5-3-2-4-6-15/h2-9,17H,10-12H2,1H3. The Kier molecular flexibility index (Phi) is 5.75. The first-order valence-electron chi connectivity index (χ1n) is 8.37. The molecule has 1 saturated heterocycles. The van der Waals surface area contributed by atoms with Crippen molar-refractivity contribution in [2.75, 3.05) is 6.54 Å². The Labute approximate surface area is 160 Å². The molecule has 0 aliphatic carbocycles. The van der Waals surface area contributed by atoms with Gasteiger partial charge in [0.1, 0.15) is 11.5 Å². The minimum Gasteiger partial charge on any atom is -0.457 e. The van der Waals surface area contributed by atoms with Crippen LogP contribution in [0, 0.1) is 10.1 Å². The number of benzene rings is 2. The molecule has 1 atom stereocenters. The summed E-state index contributed by atoms with van der Waals surface area (Å²) in [4.78, 5) is 36.0. The number of rotatable bonds is 6. The van der Waals surface area contributed by atoms with Crippen molar-refractivity contribution >= 4 is 28.5 Å². The van der Waals surface area contributed by atoms with Gasteiger partial charge in [0.15, 0.2) is 5.12 Å². The zero-order valence-electron chi connectivity index (χ0n) is 14.7. The second kappa shape index (κ2) is 8.22. The van der Waals surface area contributed by atoms with Crippen LogP contribution in [0.4, 0.5) is 5.69 Å². The minimum absolute atomic E-state index is 0.0388. The number of para-hydroxylation sites is 1. The molecule has 3 rings (SSSR count). The molecule has 1 amide bonds. The monoisotopic (exact) mass is 386 g/mol. The molecule has 140 valence electrons. The molecule has 1 fully saturated rings. The molecule has 8 heteroatoms. The molecule has 1 aliphatic rings. The van der Waals surface area contributed by atoms with Crippen LogP contribution in [-0.2, 0) is 16.1 Å². The maximum absolute atomic E-state index is 12.2. The number of amides is 1. The molecule has 0 bridgehead atoms. The molecule has 2 aromatic carbocycles. The van der Waals surface area contributed by atoms with Gasteiger partial charge in [0.2, 0.25) is 5.91 Å². The summed E-state index contributed by atoms with van der Waals surface area (Å²) < 4.78 is 5.65. The zero-order chi connectivity index (χ0) is 19.4. The number of nitro groups is 1. The number of ether oxygens (including phenoxy) is 1. The number of carbonyl (C=O) groups is 2. The molecule has 1 unspecified atom stereocenters. The van der Waals surface area contributed by atoms with E-state index in [1.807, 2.05) is 18.2 Å². The van der Waals surface area contributed by atoms with Crippen LogP contribution < -0.4 is 4.74 Å². The summed E-state index contributed by atoms with van der Waals surface area (Å²) in [5.74, 6) is 0.834. The van der Waals surface area contributed by atoms with Crippen LogP contribution in [0.5, 0.6) is 11.5 Å². The van der Waals surface area contributed by atoms with Gasteiger partial charge in [-0.3, -0.25) is 19.7 Å². The van der Waals surface area contributed by atoms with Crippen LogP contribution in [0.1, 0.15) is 18.9 Å². The molecule has 27 heavy (non-hydrogen) atoms. The molecule has 0 radical (unpaired) electrons. The van der Waals surface area contributed by atoms with Crippen LogP contribution >= 0.6 is 11.8 Å². The Morgan fingerprint density at radius 1 is 1.26 bits per heavy atom. The van der Waals surface area contributed by atoms with Crippen LogP contribution in [0.15, 0.2) is 48.5 Å². The Bertz CT molecular complexity index is 872. The second-order valence-electron chi connectivity index (χ2n) is 6.17. The van der Waals surface area contributed by atoms with E-state index in [0.717, 1.165) is 11.8 Å². The quantitative estimate of drug-likeness (QED) is 0.555. The lowest BCUT2D eigenvalue weighted by molar-refractivity contribution is -0.385. The van der Waals surface area contributed by atoms with E-state index < -0.39 is 4.92 Å². The van der Waals surface area contributed by atoms with E-state index in [-0.39, 0.29) is 34.9 Å². The SMILES string of the molecule is CC(=O)SC1CC(=O)N(Cc2ccc(Oc3ccccc3)cc2[N+](=O)[O-])C1. The lowest BCUT2D eigenvalue weighted by Gasteiger charge is -2.17. The van der Waals surface area contributed by atoms with E-state index >= 15 is 0 Å². The summed E-state index contributed by atoms with van der Waals surface area (Å²) in [5, 5.41) is 11.3. The highest BCUT2D eigenvalue weighted by Gasteiger charge is 2.32. The van der Waals surface area contributed by atoms with Gasteiger partial charge in [0.05, 0.1) is 17.5 Å². The summed E-state index contributed by atoms with van der Waals surface area (Å²) in [6, 6.07) is 13.6. The number of nitrogens with zero attached hydrogens (tertiary/aromatic N) is 2. The molecule has 0 N–H and O–H groups in total. The van der Waals surface area contributed by atoms with Crippen molar-refractivity contribution in [3.8, 4) is 11.5 Å². The number of hydrogen-bond donors (Lipinski definition) is 0. The third-order valence-electron chi connectivity index (χ3n) is 4.11. The first-order chi connectivity index (χ1) is 12.9. The van der Waals surface area contributed by atoms with Gasteiger partial charge < -0.3 is 9.64 Å². The lowest BCUT2D eigenvalue weighted by Crippen LogP contribution is -2.25. The summed E-state index contributed by atoms with van der Waals surface area (Å²) in [6.45, 7) is 2.01. The largest absolute Gasteiger partial charge is 0.457 e. The van der Waals surface area contributed by atoms with Crippen molar-refractivity contribution in [2.45, 2.75) is 25.1 Å². The van der Waals surface area contributed by atoms with Gasteiger partial charge in [-0.05, 0) is 24.3 Å². The van der Waals surface area contributed by atoms with E-state index in [9.17, 15) is 19.7 Å². The Morgan fingerprint density at radius 3 is 2.67 bits per heavy atom. The number of thioether (sulfide) groups is 1.